The minimum atomic E-state index is -0.492. The molecule has 1 atom stereocenters. The van der Waals surface area contributed by atoms with Crippen molar-refractivity contribution >= 4 is 11.7 Å². The molecule has 0 aliphatic heterocycles. The Bertz CT molecular complexity index is 485. The molecule has 0 radical (unpaired) electrons. The number of para-hydroxylation sites is 1. The zero-order valence-corrected chi connectivity index (χ0v) is 12.8. The first-order valence-electron chi connectivity index (χ1n) is 7.07. The molecule has 5 nitrogen and oxygen atoms in total. The van der Waals surface area contributed by atoms with Gasteiger partial charge in [0, 0.05) is 6.61 Å². The second kappa shape index (κ2) is 8.42. The predicted octanol–water partition coefficient (Wildman–Crippen LogP) is 1.33. The second-order valence-corrected chi connectivity index (χ2v) is 5.27. The number of carbonyl (C=O) groups is 2. The molecule has 0 heterocycles. The van der Waals surface area contributed by atoms with Crippen LogP contribution in [0, 0.1) is 5.92 Å². The summed E-state index contributed by atoms with van der Waals surface area (Å²) in [5, 5.41) is 11.7. The van der Waals surface area contributed by atoms with Gasteiger partial charge in [0.25, 0.3) is 5.91 Å². The van der Waals surface area contributed by atoms with Crippen molar-refractivity contribution in [1.29, 1.82) is 0 Å². The topological polar surface area (TPSA) is 75.6 Å². The average Bonchev–Trinajstić information content (AvgIpc) is 2.43. The number of ether oxygens (including phenoxy) is 1. The number of amides is 1. The van der Waals surface area contributed by atoms with E-state index in [0.717, 1.165) is 5.56 Å². The van der Waals surface area contributed by atoms with E-state index in [1.165, 1.54) is 6.92 Å². The lowest BCUT2D eigenvalue weighted by Gasteiger charge is -2.19. The van der Waals surface area contributed by atoms with E-state index in [1.807, 2.05) is 26.0 Å². The molecule has 1 aromatic carbocycles. The predicted molar refractivity (Wildman–Crippen MR) is 80.2 cm³/mol. The van der Waals surface area contributed by atoms with Crippen LogP contribution in [0.15, 0.2) is 24.3 Å². The summed E-state index contributed by atoms with van der Waals surface area (Å²) < 4.78 is 5.48. The van der Waals surface area contributed by atoms with Gasteiger partial charge in [0.1, 0.15) is 5.75 Å². The number of aliphatic hydroxyl groups is 1. The van der Waals surface area contributed by atoms with E-state index < -0.39 is 6.04 Å². The highest BCUT2D eigenvalue weighted by atomic mass is 16.5. The van der Waals surface area contributed by atoms with Crippen LogP contribution in [0.3, 0.4) is 0 Å². The number of aliphatic hydroxyl groups excluding tert-OH is 1. The van der Waals surface area contributed by atoms with Gasteiger partial charge in [-0.3, -0.25) is 9.59 Å². The van der Waals surface area contributed by atoms with Crippen LogP contribution in [0.5, 0.6) is 5.75 Å². The largest absolute Gasteiger partial charge is 0.483 e. The molecule has 5 heteroatoms. The van der Waals surface area contributed by atoms with Gasteiger partial charge < -0.3 is 15.2 Å². The Labute approximate surface area is 125 Å². The standard InChI is InChI=1S/C16H23NO4/c1-11(2)16(12(3)19)17-15(20)10-21-14-7-5-4-6-13(14)8-9-18/h4-7,11,16,18H,8-10H2,1-3H3,(H,17,20). The van der Waals surface area contributed by atoms with E-state index in [4.69, 9.17) is 9.84 Å². The molecule has 0 saturated heterocycles. The van der Waals surface area contributed by atoms with Crippen molar-refractivity contribution in [2.24, 2.45) is 5.92 Å². The quantitative estimate of drug-likeness (QED) is 0.758. The maximum atomic E-state index is 11.9. The molecule has 0 spiro atoms. The number of hydrogen-bond acceptors (Lipinski definition) is 4. The molecule has 116 valence electrons. The second-order valence-electron chi connectivity index (χ2n) is 5.27. The monoisotopic (exact) mass is 293 g/mol. The van der Waals surface area contributed by atoms with Gasteiger partial charge >= 0.3 is 0 Å². The summed E-state index contributed by atoms with van der Waals surface area (Å²) in [6.07, 6.45) is 0.472. The Kier molecular flexibility index (Phi) is 6.88. The Morgan fingerprint density at radius 1 is 1.29 bits per heavy atom. The number of hydrogen-bond donors (Lipinski definition) is 2. The fourth-order valence-corrected chi connectivity index (χ4v) is 2.07. The Hall–Kier alpha value is -1.88. The third-order valence-electron chi connectivity index (χ3n) is 3.13. The number of nitrogens with one attached hydrogen (secondary N) is 1. The summed E-state index contributed by atoms with van der Waals surface area (Å²) >= 11 is 0. The van der Waals surface area contributed by atoms with Crippen molar-refractivity contribution in [2.75, 3.05) is 13.2 Å². The lowest BCUT2D eigenvalue weighted by Crippen LogP contribution is -2.45. The minimum Gasteiger partial charge on any atom is -0.483 e. The summed E-state index contributed by atoms with van der Waals surface area (Å²) in [6.45, 7) is 5.08. The third kappa shape index (κ3) is 5.55. The van der Waals surface area contributed by atoms with Gasteiger partial charge in [0.2, 0.25) is 0 Å². The van der Waals surface area contributed by atoms with E-state index >= 15 is 0 Å². The first-order chi connectivity index (χ1) is 9.95. The fourth-order valence-electron chi connectivity index (χ4n) is 2.07. The van der Waals surface area contributed by atoms with Gasteiger partial charge in [-0.15, -0.1) is 0 Å². The molecular weight excluding hydrogens is 270 g/mol. The summed E-state index contributed by atoms with van der Waals surface area (Å²) in [6, 6.07) is 6.76. The number of carbonyl (C=O) groups excluding carboxylic acids is 2. The van der Waals surface area contributed by atoms with Crippen LogP contribution in [0.2, 0.25) is 0 Å². The maximum absolute atomic E-state index is 11.9. The van der Waals surface area contributed by atoms with Gasteiger partial charge in [-0.1, -0.05) is 32.0 Å². The number of Topliss-reactive ketones (excluding diaryl/α,β-unsaturated/α-hetero) is 1. The highest BCUT2D eigenvalue weighted by molar-refractivity contribution is 5.88. The molecule has 0 fully saturated rings. The summed E-state index contributed by atoms with van der Waals surface area (Å²) in [5.74, 6) is 0.209. The number of benzene rings is 1. The normalized spacial score (nSPS) is 12.0. The first-order valence-corrected chi connectivity index (χ1v) is 7.07. The van der Waals surface area contributed by atoms with Crippen molar-refractivity contribution in [3.63, 3.8) is 0 Å². The molecule has 1 aromatic rings. The summed E-state index contributed by atoms with van der Waals surface area (Å²) in [4.78, 5) is 23.3. The smallest absolute Gasteiger partial charge is 0.258 e. The van der Waals surface area contributed by atoms with Crippen LogP contribution in [0.1, 0.15) is 26.3 Å². The van der Waals surface area contributed by atoms with Crippen LogP contribution >= 0.6 is 0 Å². The Morgan fingerprint density at radius 2 is 1.95 bits per heavy atom. The molecule has 0 aliphatic rings. The van der Waals surface area contributed by atoms with E-state index in [2.05, 4.69) is 5.32 Å². The van der Waals surface area contributed by atoms with Crippen LogP contribution < -0.4 is 10.1 Å². The van der Waals surface area contributed by atoms with Crippen LogP contribution in [0.4, 0.5) is 0 Å². The average molecular weight is 293 g/mol. The lowest BCUT2D eigenvalue weighted by molar-refractivity contribution is -0.129. The zero-order valence-electron chi connectivity index (χ0n) is 12.8. The summed E-state index contributed by atoms with van der Waals surface area (Å²) in [7, 11) is 0. The molecule has 1 rings (SSSR count). The van der Waals surface area contributed by atoms with E-state index in [1.54, 1.807) is 12.1 Å². The first kappa shape index (κ1) is 17.2. The number of ketones is 1. The highest BCUT2D eigenvalue weighted by Gasteiger charge is 2.20. The maximum Gasteiger partial charge on any atom is 0.258 e. The van der Waals surface area contributed by atoms with Gasteiger partial charge in [0.05, 0.1) is 6.04 Å². The molecule has 0 bridgehead atoms. The van der Waals surface area contributed by atoms with E-state index in [9.17, 15) is 9.59 Å². The van der Waals surface area contributed by atoms with Crippen molar-refractivity contribution < 1.29 is 19.4 Å². The molecule has 1 amide bonds. The van der Waals surface area contributed by atoms with Gasteiger partial charge in [0.15, 0.2) is 12.4 Å². The van der Waals surface area contributed by atoms with Crippen molar-refractivity contribution in [1.82, 2.24) is 5.32 Å². The molecule has 0 saturated carbocycles. The van der Waals surface area contributed by atoms with Crippen LogP contribution in [-0.2, 0) is 16.0 Å². The molecular formula is C16H23NO4. The van der Waals surface area contributed by atoms with Gasteiger partial charge in [-0.25, -0.2) is 0 Å². The number of rotatable bonds is 8. The minimum absolute atomic E-state index is 0.0202. The molecule has 21 heavy (non-hydrogen) atoms. The van der Waals surface area contributed by atoms with Gasteiger partial charge in [-0.05, 0) is 30.9 Å². The SMILES string of the molecule is CC(=O)C(NC(=O)COc1ccccc1CCO)C(C)C. The molecule has 0 aromatic heterocycles. The van der Waals surface area contributed by atoms with Crippen LogP contribution in [0.25, 0.3) is 0 Å². The Balaban J connectivity index is 2.59. The molecule has 1 unspecified atom stereocenters. The van der Waals surface area contributed by atoms with Crippen molar-refractivity contribution in [2.45, 2.75) is 33.2 Å². The Morgan fingerprint density at radius 3 is 2.52 bits per heavy atom. The van der Waals surface area contributed by atoms with Gasteiger partial charge in [-0.2, -0.15) is 0 Å². The van der Waals surface area contributed by atoms with Crippen molar-refractivity contribution in [3.05, 3.63) is 29.8 Å². The van der Waals surface area contributed by atoms with Crippen molar-refractivity contribution in [3.8, 4) is 5.75 Å². The zero-order chi connectivity index (χ0) is 15.8. The molecule has 0 aliphatic carbocycles. The fraction of sp³-hybridized carbons (Fsp3) is 0.500. The lowest BCUT2D eigenvalue weighted by atomic mass is 10.0. The van der Waals surface area contributed by atoms with E-state index in [0.29, 0.717) is 12.2 Å². The van der Waals surface area contributed by atoms with Crippen LogP contribution in [-0.4, -0.2) is 36.1 Å². The summed E-state index contributed by atoms with van der Waals surface area (Å²) in [5.41, 5.74) is 0.847. The highest BCUT2D eigenvalue weighted by Crippen LogP contribution is 2.18. The third-order valence-corrected chi connectivity index (χ3v) is 3.13. The molecule has 2 N–H and O–H groups in total. The van der Waals surface area contributed by atoms with E-state index in [-0.39, 0.29) is 30.8 Å².